The number of rotatable bonds is 4. The number of hydrogen-bond donors (Lipinski definition) is 1. The summed E-state index contributed by atoms with van der Waals surface area (Å²) in [7, 11) is -3.76. The summed E-state index contributed by atoms with van der Waals surface area (Å²) >= 11 is 12.0. The van der Waals surface area contributed by atoms with Crippen LogP contribution in [-0.2, 0) is 16.6 Å². The Kier molecular flexibility index (Phi) is 6.26. The largest absolute Gasteiger partial charge is 0.334 e. The smallest absolute Gasteiger partial charge is 0.317 e. The fraction of sp³-hybridized carbons (Fsp3) is 0.278. The van der Waals surface area contributed by atoms with Gasteiger partial charge in [0.05, 0.1) is 10.0 Å². The molecular weight excluding hydrogens is 409 g/mol. The highest BCUT2D eigenvalue weighted by Crippen LogP contribution is 2.31. The number of urea groups is 1. The lowest BCUT2D eigenvalue weighted by atomic mass is 10.2. The van der Waals surface area contributed by atoms with Gasteiger partial charge in [-0.05, 0) is 17.7 Å². The van der Waals surface area contributed by atoms with Crippen molar-refractivity contribution in [2.24, 2.45) is 0 Å². The van der Waals surface area contributed by atoms with Crippen LogP contribution in [0.2, 0.25) is 10.0 Å². The number of benzene rings is 2. The molecule has 1 aliphatic rings. The standard InChI is InChI=1S/C18H19Cl2N3O3S/c19-15-7-4-8-16(17(15)20)27(25,26)23-11-9-22(10-12-23)18(24)21-13-14-5-2-1-3-6-14/h1-8H,9-13H2,(H,21,24). The van der Waals surface area contributed by atoms with Crippen LogP contribution in [0.1, 0.15) is 5.56 Å². The highest BCUT2D eigenvalue weighted by atomic mass is 35.5. The van der Waals surface area contributed by atoms with E-state index in [1.54, 1.807) is 11.0 Å². The van der Waals surface area contributed by atoms with Gasteiger partial charge in [0.25, 0.3) is 0 Å². The summed E-state index contributed by atoms with van der Waals surface area (Å²) in [6.45, 7) is 1.43. The third-order valence-corrected chi connectivity index (χ3v) is 7.22. The van der Waals surface area contributed by atoms with Crippen molar-refractivity contribution in [3.63, 3.8) is 0 Å². The first-order chi connectivity index (χ1) is 12.9. The summed E-state index contributed by atoms with van der Waals surface area (Å²) in [5, 5.41) is 3.06. The van der Waals surface area contributed by atoms with Crippen molar-refractivity contribution in [3.8, 4) is 0 Å². The predicted molar refractivity (Wildman–Crippen MR) is 105 cm³/mol. The Bertz CT molecular complexity index is 915. The number of nitrogens with zero attached hydrogens (tertiary/aromatic N) is 2. The molecule has 9 heteroatoms. The van der Waals surface area contributed by atoms with Crippen LogP contribution in [-0.4, -0.2) is 49.8 Å². The van der Waals surface area contributed by atoms with Gasteiger partial charge in [-0.2, -0.15) is 4.31 Å². The molecule has 1 saturated heterocycles. The normalized spacial score (nSPS) is 15.6. The van der Waals surface area contributed by atoms with E-state index in [-0.39, 0.29) is 34.1 Å². The summed E-state index contributed by atoms with van der Waals surface area (Å²) in [6, 6.07) is 13.9. The van der Waals surface area contributed by atoms with Gasteiger partial charge in [-0.15, -0.1) is 0 Å². The van der Waals surface area contributed by atoms with Gasteiger partial charge in [0.2, 0.25) is 10.0 Å². The van der Waals surface area contributed by atoms with E-state index in [1.807, 2.05) is 30.3 Å². The number of halogens is 2. The summed E-state index contributed by atoms with van der Waals surface area (Å²) < 4.78 is 26.9. The molecule has 1 aliphatic heterocycles. The first-order valence-corrected chi connectivity index (χ1v) is 10.6. The Morgan fingerprint density at radius 3 is 2.30 bits per heavy atom. The summed E-state index contributed by atoms with van der Waals surface area (Å²) in [4.78, 5) is 13.9. The topological polar surface area (TPSA) is 69.7 Å². The molecule has 1 N–H and O–H groups in total. The zero-order valence-electron chi connectivity index (χ0n) is 14.4. The first-order valence-electron chi connectivity index (χ1n) is 8.40. The molecule has 0 aromatic heterocycles. The van der Waals surface area contributed by atoms with E-state index in [2.05, 4.69) is 5.32 Å². The van der Waals surface area contributed by atoms with Crippen molar-refractivity contribution in [1.82, 2.24) is 14.5 Å². The first kappa shape index (κ1) is 19.9. The van der Waals surface area contributed by atoms with Crippen molar-refractivity contribution in [2.45, 2.75) is 11.4 Å². The zero-order chi connectivity index (χ0) is 19.4. The molecule has 6 nitrogen and oxygen atoms in total. The van der Waals surface area contributed by atoms with Crippen molar-refractivity contribution in [3.05, 3.63) is 64.1 Å². The fourth-order valence-corrected chi connectivity index (χ4v) is 5.00. The second kappa shape index (κ2) is 8.48. The molecule has 1 fully saturated rings. The van der Waals surface area contributed by atoms with E-state index < -0.39 is 10.0 Å². The SMILES string of the molecule is O=C(NCc1ccccc1)N1CCN(S(=O)(=O)c2cccc(Cl)c2Cl)CC1. The van der Waals surface area contributed by atoms with Gasteiger partial charge in [0.1, 0.15) is 4.90 Å². The minimum absolute atomic E-state index is 0.0151. The molecule has 1 heterocycles. The van der Waals surface area contributed by atoms with Gasteiger partial charge in [-0.25, -0.2) is 13.2 Å². The van der Waals surface area contributed by atoms with E-state index in [0.29, 0.717) is 19.6 Å². The van der Waals surface area contributed by atoms with Crippen LogP contribution in [0.4, 0.5) is 4.79 Å². The average molecular weight is 428 g/mol. The lowest BCUT2D eigenvalue weighted by Crippen LogP contribution is -2.53. The van der Waals surface area contributed by atoms with Gasteiger partial charge in [0.15, 0.2) is 0 Å². The number of amides is 2. The lowest BCUT2D eigenvalue weighted by Gasteiger charge is -2.34. The van der Waals surface area contributed by atoms with Crippen molar-refractivity contribution >= 4 is 39.3 Å². The molecule has 2 aromatic carbocycles. The van der Waals surface area contributed by atoms with Crippen LogP contribution in [0.15, 0.2) is 53.4 Å². The van der Waals surface area contributed by atoms with E-state index in [0.717, 1.165) is 5.56 Å². The molecule has 27 heavy (non-hydrogen) atoms. The molecule has 0 radical (unpaired) electrons. The highest BCUT2D eigenvalue weighted by molar-refractivity contribution is 7.89. The van der Waals surface area contributed by atoms with Crippen LogP contribution in [0, 0.1) is 0 Å². The maximum absolute atomic E-state index is 12.8. The summed E-state index contributed by atoms with van der Waals surface area (Å²) in [6.07, 6.45) is 0. The fourth-order valence-electron chi connectivity index (χ4n) is 2.84. The van der Waals surface area contributed by atoms with Gasteiger partial charge in [-0.1, -0.05) is 59.6 Å². The van der Waals surface area contributed by atoms with E-state index in [1.165, 1.54) is 16.4 Å². The van der Waals surface area contributed by atoms with E-state index in [9.17, 15) is 13.2 Å². The second-order valence-electron chi connectivity index (χ2n) is 6.09. The van der Waals surface area contributed by atoms with Crippen LogP contribution in [0.3, 0.4) is 0 Å². The third-order valence-electron chi connectivity index (χ3n) is 4.35. The monoisotopic (exact) mass is 427 g/mol. The van der Waals surface area contributed by atoms with Gasteiger partial charge < -0.3 is 10.2 Å². The molecule has 2 amide bonds. The van der Waals surface area contributed by atoms with Gasteiger partial charge in [-0.3, -0.25) is 0 Å². The Morgan fingerprint density at radius 2 is 1.63 bits per heavy atom. The molecule has 3 rings (SSSR count). The molecule has 0 bridgehead atoms. The minimum atomic E-state index is -3.76. The minimum Gasteiger partial charge on any atom is -0.334 e. The summed E-state index contributed by atoms with van der Waals surface area (Å²) in [5.41, 5.74) is 1.00. The Balaban J connectivity index is 1.59. The van der Waals surface area contributed by atoms with Crippen molar-refractivity contribution in [2.75, 3.05) is 26.2 Å². The maximum atomic E-state index is 12.8. The molecule has 0 aliphatic carbocycles. The van der Waals surface area contributed by atoms with E-state index in [4.69, 9.17) is 23.2 Å². The predicted octanol–water partition coefficient (Wildman–Crippen LogP) is 3.21. The number of carbonyl (C=O) groups is 1. The zero-order valence-corrected chi connectivity index (χ0v) is 16.8. The maximum Gasteiger partial charge on any atom is 0.317 e. The van der Waals surface area contributed by atoms with Crippen molar-refractivity contribution < 1.29 is 13.2 Å². The Morgan fingerprint density at radius 1 is 0.963 bits per heavy atom. The number of sulfonamides is 1. The van der Waals surface area contributed by atoms with Crippen LogP contribution in [0.25, 0.3) is 0 Å². The Labute approximate surface area is 168 Å². The molecule has 0 spiro atoms. The van der Waals surface area contributed by atoms with E-state index >= 15 is 0 Å². The highest BCUT2D eigenvalue weighted by Gasteiger charge is 2.31. The van der Waals surface area contributed by atoms with Gasteiger partial charge in [0, 0.05) is 32.7 Å². The van der Waals surface area contributed by atoms with Gasteiger partial charge >= 0.3 is 6.03 Å². The number of nitrogens with one attached hydrogen (secondary N) is 1. The Hall–Kier alpha value is -1.80. The van der Waals surface area contributed by atoms with Crippen LogP contribution < -0.4 is 5.32 Å². The molecule has 0 saturated carbocycles. The number of piperazine rings is 1. The third kappa shape index (κ3) is 4.55. The molecular formula is C18H19Cl2N3O3S. The molecule has 144 valence electrons. The second-order valence-corrected chi connectivity index (χ2v) is 8.78. The van der Waals surface area contributed by atoms with Crippen LogP contribution in [0.5, 0.6) is 0 Å². The quantitative estimate of drug-likeness (QED) is 0.813. The molecule has 2 aromatic rings. The molecule has 0 atom stereocenters. The van der Waals surface area contributed by atoms with Crippen LogP contribution >= 0.6 is 23.2 Å². The summed E-state index contributed by atoms with van der Waals surface area (Å²) in [5.74, 6) is 0. The number of hydrogen-bond acceptors (Lipinski definition) is 3. The lowest BCUT2D eigenvalue weighted by molar-refractivity contribution is 0.172. The van der Waals surface area contributed by atoms with Crippen molar-refractivity contribution in [1.29, 1.82) is 0 Å². The average Bonchev–Trinajstić information content (AvgIpc) is 2.69. The number of carbonyl (C=O) groups excluding carboxylic acids is 1. The molecule has 0 unspecified atom stereocenters.